The molecule has 3 heteroatoms. The zero-order valence-electron chi connectivity index (χ0n) is 8.87. The fourth-order valence-electron chi connectivity index (χ4n) is 1.43. The molecule has 1 aromatic rings. The van der Waals surface area contributed by atoms with Gasteiger partial charge in [-0.1, -0.05) is 13.0 Å². The van der Waals surface area contributed by atoms with E-state index in [2.05, 4.69) is 12.2 Å². The summed E-state index contributed by atoms with van der Waals surface area (Å²) in [4.78, 5) is 1.01. The molecule has 0 spiro atoms. The van der Waals surface area contributed by atoms with Crippen molar-refractivity contribution in [3.05, 3.63) is 30.1 Å². The number of hydrogen-bond donors (Lipinski definition) is 1. The summed E-state index contributed by atoms with van der Waals surface area (Å²) in [5.74, 6) is -0.151. The van der Waals surface area contributed by atoms with Gasteiger partial charge in [-0.2, -0.15) is 0 Å². The SMILES string of the molecule is CC(CNC1CC1)Sc1cccc(F)c1. The summed E-state index contributed by atoms with van der Waals surface area (Å²) >= 11 is 1.72. The highest BCUT2D eigenvalue weighted by molar-refractivity contribution is 8.00. The second-order valence-electron chi connectivity index (χ2n) is 4.07. The Labute approximate surface area is 94.5 Å². The van der Waals surface area contributed by atoms with Crippen LogP contribution in [0, 0.1) is 5.82 Å². The van der Waals surface area contributed by atoms with Crippen LogP contribution < -0.4 is 5.32 Å². The second-order valence-corrected chi connectivity index (χ2v) is 5.58. The molecule has 0 aromatic heterocycles. The van der Waals surface area contributed by atoms with Crippen LogP contribution in [0.3, 0.4) is 0 Å². The first kappa shape index (κ1) is 11.0. The molecule has 0 radical (unpaired) electrons. The van der Waals surface area contributed by atoms with Gasteiger partial charge in [0, 0.05) is 22.7 Å². The van der Waals surface area contributed by atoms with Crippen molar-refractivity contribution >= 4 is 11.8 Å². The molecule has 0 amide bonds. The average molecular weight is 225 g/mol. The van der Waals surface area contributed by atoms with E-state index in [0.717, 1.165) is 17.5 Å². The summed E-state index contributed by atoms with van der Waals surface area (Å²) in [7, 11) is 0. The van der Waals surface area contributed by atoms with E-state index in [1.165, 1.54) is 18.9 Å². The Hall–Kier alpha value is -0.540. The standard InChI is InChI=1S/C12H16FNS/c1-9(8-14-11-5-6-11)15-12-4-2-3-10(13)7-12/h2-4,7,9,11,14H,5-6,8H2,1H3. The zero-order chi connectivity index (χ0) is 10.7. The summed E-state index contributed by atoms with van der Waals surface area (Å²) < 4.78 is 12.9. The van der Waals surface area contributed by atoms with Gasteiger partial charge in [-0.25, -0.2) is 4.39 Å². The molecule has 1 N–H and O–H groups in total. The third-order valence-corrected chi connectivity index (χ3v) is 3.50. The Morgan fingerprint density at radius 3 is 3.00 bits per heavy atom. The van der Waals surface area contributed by atoms with E-state index in [9.17, 15) is 4.39 Å². The highest BCUT2D eigenvalue weighted by Crippen LogP contribution is 2.24. The van der Waals surface area contributed by atoms with Crippen LogP contribution in [-0.2, 0) is 0 Å². The molecular formula is C12H16FNS. The minimum absolute atomic E-state index is 0.151. The third-order valence-electron chi connectivity index (χ3n) is 2.40. The molecule has 1 nitrogen and oxygen atoms in total. The van der Waals surface area contributed by atoms with Crippen molar-refractivity contribution in [3.63, 3.8) is 0 Å². The van der Waals surface area contributed by atoms with Crippen LogP contribution in [0.1, 0.15) is 19.8 Å². The van der Waals surface area contributed by atoms with Crippen molar-refractivity contribution in [1.29, 1.82) is 0 Å². The molecule has 1 atom stereocenters. The molecule has 0 aliphatic heterocycles. The summed E-state index contributed by atoms with van der Waals surface area (Å²) in [6, 6.07) is 7.55. The molecule has 0 heterocycles. The van der Waals surface area contributed by atoms with Gasteiger partial charge in [0.1, 0.15) is 5.82 Å². The van der Waals surface area contributed by atoms with Crippen molar-refractivity contribution in [2.24, 2.45) is 0 Å². The van der Waals surface area contributed by atoms with Crippen LogP contribution in [0.25, 0.3) is 0 Å². The van der Waals surface area contributed by atoms with E-state index in [1.54, 1.807) is 23.9 Å². The molecule has 0 saturated heterocycles. The van der Waals surface area contributed by atoms with Crippen molar-refractivity contribution < 1.29 is 4.39 Å². The van der Waals surface area contributed by atoms with Crippen molar-refractivity contribution in [2.75, 3.05) is 6.54 Å². The Morgan fingerprint density at radius 1 is 1.53 bits per heavy atom. The summed E-state index contributed by atoms with van der Waals surface area (Å²) in [6.07, 6.45) is 2.63. The highest BCUT2D eigenvalue weighted by atomic mass is 32.2. The molecule has 1 unspecified atom stereocenters. The molecule has 0 bridgehead atoms. The average Bonchev–Trinajstić information content (AvgIpc) is 2.98. The third kappa shape index (κ3) is 3.84. The Kier molecular flexibility index (Phi) is 3.65. The lowest BCUT2D eigenvalue weighted by Crippen LogP contribution is -2.24. The van der Waals surface area contributed by atoms with Gasteiger partial charge >= 0.3 is 0 Å². The lowest BCUT2D eigenvalue weighted by atomic mass is 10.3. The molecule has 82 valence electrons. The van der Waals surface area contributed by atoms with Crippen LogP contribution in [-0.4, -0.2) is 17.8 Å². The van der Waals surface area contributed by atoms with Crippen LogP contribution in [0.15, 0.2) is 29.2 Å². The first-order valence-electron chi connectivity index (χ1n) is 5.39. The van der Waals surface area contributed by atoms with E-state index in [1.807, 2.05) is 6.07 Å². The Balaban J connectivity index is 1.79. The maximum Gasteiger partial charge on any atom is 0.124 e. The van der Waals surface area contributed by atoms with Crippen LogP contribution in [0.5, 0.6) is 0 Å². The van der Waals surface area contributed by atoms with E-state index in [0.29, 0.717) is 5.25 Å². The van der Waals surface area contributed by atoms with Crippen molar-refractivity contribution in [2.45, 2.75) is 36.0 Å². The predicted molar refractivity (Wildman–Crippen MR) is 62.7 cm³/mol. The molecule has 1 aromatic carbocycles. The van der Waals surface area contributed by atoms with Crippen LogP contribution in [0.4, 0.5) is 4.39 Å². The van der Waals surface area contributed by atoms with Gasteiger partial charge in [-0.3, -0.25) is 0 Å². The van der Waals surface area contributed by atoms with Gasteiger partial charge in [0.25, 0.3) is 0 Å². The first-order valence-corrected chi connectivity index (χ1v) is 6.27. The maximum absolute atomic E-state index is 12.9. The van der Waals surface area contributed by atoms with E-state index < -0.39 is 0 Å². The number of benzene rings is 1. The monoisotopic (exact) mass is 225 g/mol. The van der Waals surface area contributed by atoms with E-state index >= 15 is 0 Å². The first-order chi connectivity index (χ1) is 7.24. The number of hydrogen-bond acceptors (Lipinski definition) is 2. The lowest BCUT2D eigenvalue weighted by Gasteiger charge is -2.11. The smallest absolute Gasteiger partial charge is 0.124 e. The lowest BCUT2D eigenvalue weighted by molar-refractivity contribution is 0.624. The molecule has 2 rings (SSSR count). The second kappa shape index (κ2) is 4.99. The summed E-state index contributed by atoms with van der Waals surface area (Å²) in [6.45, 7) is 3.18. The minimum atomic E-state index is -0.151. The fourth-order valence-corrected chi connectivity index (χ4v) is 2.42. The summed E-state index contributed by atoms with van der Waals surface area (Å²) in [5.41, 5.74) is 0. The predicted octanol–water partition coefficient (Wildman–Crippen LogP) is 3.06. The van der Waals surface area contributed by atoms with E-state index in [4.69, 9.17) is 0 Å². The quantitative estimate of drug-likeness (QED) is 0.773. The van der Waals surface area contributed by atoms with Gasteiger partial charge in [0.15, 0.2) is 0 Å². The number of rotatable bonds is 5. The fraction of sp³-hybridized carbons (Fsp3) is 0.500. The van der Waals surface area contributed by atoms with Gasteiger partial charge in [0.2, 0.25) is 0 Å². The number of thioether (sulfide) groups is 1. The molecule has 1 aliphatic carbocycles. The Bertz CT molecular complexity index is 325. The Morgan fingerprint density at radius 2 is 2.33 bits per heavy atom. The molecular weight excluding hydrogens is 209 g/mol. The molecule has 15 heavy (non-hydrogen) atoms. The van der Waals surface area contributed by atoms with Crippen molar-refractivity contribution in [1.82, 2.24) is 5.32 Å². The summed E-state index contributed by atoms with van der Waals surface area (Å²) in [5, 5.41) is 3.97. The van der Waals surface area contributed by atoms with Crippen LogP contribution >= 0.6 is 11.8 Å². The van der Waals surface area contributed by atoms with E-state index in [-0.39, 0.29) is 5.82 Å². The normalized spacial score (nSPS) is 17.7. The van der Waals surface area contributed by atoms with Crippen LogP contribution in [0.2, 0.25) is 0 Å². The number of nitrogens with one attached hydrogen (secondary N) is 1. The zero-order valence-corrected chi connectivity index (χ0v) is 9.69. The van der Waals surface area contributed by atoms with Gasteiger partial charge < -0.3 is 5.32 Å². The molecule has 1 aliphatic rings. The van der Waals surface area contributed by atoms with Gasteiger partial charge in [0.05, 0.1) is 0 Å². The van der Waals surface area contributed by atoms with Gasteiger partial charge in [-0.05, 0) is 31.0 Å². The maximum atomic E-state index is 12.9. The molecule has 1 fully saturated rings. The topological polar surface area (TPSA) is 12.0 Å². The minimum Gasteiger partial charge on any atom is -0.313 e. The molecule has 1 saturated carbocycles. The highest BCUT2D eigenvalue weighted by Gasteiger charge is 2.20. The van der Waals surface area contributed by atoms with Gasteiger partial charge in [-0.15, -0.1) is 11.8 Å². The number of halogens is 1. The van der Waals surface area contributed by atoms with Crippen molar-refractivity contribution in [3.8, 4) is 0 Å². The largest absolute Gasteiger partial charge is 0.313 e.